The van der Waals surface area contributed by atoms with Crippen LogP contribution in [0.2, 0.25) is 0 Å². The van der Waals surface area contributed by atoms with Gasteiger partial charge in [-0.2, -0.15) is 0 Å². The number of hydrogen-bond donors (Lipinski definition) is 1. The molecule has 0 aromatic carbocycles. The molecule has 0 aliphatic carbocycles. The van der Waals surface area contributed by atoms with Crippen molar-refractivity contribution in [2.75, 3.05) is 0 Å². The summed E-state index contributed by atoms with van der Waals surface area (Å²) in [5.41, 5.74) is 0. The highest BCUT2D eigenvalue weighted by atomic mass is 35.7. The van der Waals surface area contributed by atoms with Crippen LogP contribution in [0.15, 0.2) is 0 Å². The molecule has 0 aromatic heterocycles. The largest absolute Gasteiger partial charge is 0.294 e. The van der Waals surface area contributed by atoms with Crippen molar-refractivity contribution in [3.63, 3.8) is 0 Å². The maximum Gasteiger partial charge on any atom is 0.253 e. The first-order valence-electron chi connectivity index (χ1n) is 0.504. The average molecular weight is 101 g/mol. The van der Waals surface area contributed by atoms with Crippen LogP contribution >= 0.6 is 10.7 Å². The van der Waals surface area contributed by atoms with Crippen molar-refractivity contribution in [2.45, 2.75) is 0 Å². The van der Waals surface area contributed by atoms with Gasteiger partial charge in [0.2, 0.25) is 0 Å². The van der Waals surface area contributed by atoms with E-state index >= 15 is 0 Å². The molecule has 0 amide bonds. The molecule has 0 rings (SSSR count). The van der Waals surface area contributed by atoms with E-state index in [2.05, 4.69) is 10.7 Å². The van der Waals surface area contributed by atoms with Crippen molar-refractivity contribution < 1.29 is 8.76 Å². The van der Waals surface area contributed by atoms with Crippen LogP contribution in [0.25, 0.3) is 0 Å². The van der Waals surface area contributed by atoms with Gasteiger partial charge < -0.3 is 0 Å². The van der Waals surface area contributed by atoms with Gasteiger partial charge in [0.15, 0.2) is 0 Å². The second-order valence-electron chi connectivity index (χ2n) is 0.207. The molecule has 1 N–H and O–H groups in total. The summed E-state index contributed by atoms with van der Waals surface area (Å²) in [6.45, 7) is 0. The summed E-state index contributed by atoms with van der Waals surface area (Å²) in [5, 5.41) is 0. The zero-order valence-electron chi connectivity index (χ0n) is 1.64. The summed E-state index contributed by atoms with van der Waals surface area (Å²) in [7, 11) is 2.16. The molecule has 1 unspecified atom stereocenters. The van der Waals surface area contributed by atoms with E-state index in [0.717, 1.165) is 0 Å². The molecule has 4 heavy (non-hydrogen) atoms. The highest BCUT2D eigenvalue weighted by Gasteiger charge is 1.65. The van der Waals surface area contributed by atoms with Crippen LogP contribution in [0.1, 0.15) is 0 Å². The maximum absolute atomic E-state index is 8.88. The van der Waals surface area contributed by atoms with Crippen LogP contribution in [-0.4, -0.2) is 8.76 Å². The minimum atomic E-state index is -2.14. The SMILES string of the molecule is O=S(O)Cl. The monoisotopic (exact) mass is 99.9 g/mol. The van der Waals surface area contributed by atoms with E-state index in [0.29, 0.717) is 0 Å². The molecule has 2 nitrogen and oxygen atoms in total. The van der Waals surface area contributed by atoms with Crippen molar-refractivity contribution in [1.82, 2.24) is 0 Å². The fourth-order valence-corrected chi connectivity index (χ4v) is 0. The Labute approximate surface area is 30.6 Å². The van der Waals surface area contributed by atoms with Gasteiger partial charge >= 0.3 is 0 Å². The summed E-state index contributed by atoms with van der Waals surface area (Å²) < 4.78 is 16.2. The van der Waals surface area contributed by atoms with Gasteiger partial charge in [-0.25, -0.2) is 4.21 Å². The average Bonchev–Trinajstić information content (AvgIpc) is 0.811. The molecule has 4 heteroatoms. The Balaban J connectivity index is 2.80. The van der Waals surface area contributed by atoms with E-state index < -0.39 is 10.3 Å². The number of halogens is 1. The van der Waals surface area contributed by atoms with Crippen LogP contribution in [0.4, 0.5) is 0 Å². The molecule has 0 heterocycles. The lowest BCUT2D eigenvalue weighted by Gasteiger charge is -1.55. The van der Waals surface area contributed by atoms with Crippen molar-refractivity contribution in [3.8, 4) is 0 Å². The van der Waals surface area contributed by atoms with Gasteiger partial charge in [-0.1, -0.05) is 0 Å². The Morgan fingerprint density at radius 1 is 2.00 bits per heavy atom. The van der Waals surface area contributed by atoms with E-state index in [1.54, 1.807) is 0 Å². The fraction of sp³-hybridized carbons (Fsp3) is 0. The molecule has 0 bridgehead atoms. The maximum atomic E-state index is 8.88. The van der Waals surface area contributed by atoms with Gasteiger partial charge in [0, 0.05) is 10.7 Å². The van der Waals surface area contributed by atoms with Crippen molar-refractivity contribution >= 4 is 21.0 Å². The van der Waals surface area contributed by atoms with Gasteiger partial charge in [0.05, 0.1) is 0 Å². The summed E-state index contributed by atoms with van der Waals surface area (Å²) in [4.78, 5) is 0. The van der Waals surface area contributed by atoms with Gasteiger partial charge in [0.25, 0.3) is 10.3 Å². The van der Waals surface area contributed by atoms with Crippen LogP contribution in [0.5, 0.6) is 0 Å². The van der Waals surface area contributed by atoms with E-state index in [-0.39, 0.29) is 0 Å². The Morgan fingerprint density at radius 3 is 2.00 bits per heavy atom. The van der Waals surface area contributed by atoms with E-state index in [1.165, 1.54) is 0 Å². The topological polar surface area (TPSA) is 37.3 Å². The van der Waals surface area contributed by atoms with Gasteiger partial charge in [-0.3, -0.25) is 4.55 Å². The van der Waals surface area contributed by atoms with Crippen molar-refractivity contribution in [1.29, 1.82) is 0 Å². The highest BCUT2D eigenvalue weighted by Crippen LogP contribution is 1.72. The van der Waals surface area contributed by atoms with Gasteiger partial charge in [-0.15, -0.1) is 0 Å². The van der Waals surface area contributed by atoms with Crippen LogP contribution in [-0.2, 0) is 10.3 Å². The quantitative estimate of drug-likeness (QED) is 0.353. The first-order valence-corrected chi connectivity index (χ1v) is 2.44. The van der Waals surface area contributed by atoms with Crippen LogP contribution in [0, 0.1) is 0 Å². The predicted molar refractivity (Wildman–Crippen MR) is 16.6 cm³/mol. The molecule has 0 aromatic rings. The lowest BCUT2D eigenvalue weighted by Crippen LogP contribution is -1.60. The summed E-state index contributed by atoms with van der Waals surface area (Å²) >= 11 is 0. The standard InChI is InChI=1S/ClHO2S/c1-4(2)3/h(H,2,3). The Morgan fingerprint density at radius 2 is 2.00 bits per heavy atom. The Bertz CT molecular complexity index is 29.0. The number of hydrogen-bond acceptors (Lipinski definition) is 1. The third kappa shape index (κ3) is 29.4. The third-order valence-electron chi connectivity index (χ3n) is 0. The van der Waals surface area contributed by atoms with Crippen molar-refractivity contribution in [2.24, 2.45) is 0 Å². The zero-order chi connectivity index (χ0) is 3.58. The Kier molecular flexibility index (Phi) is 1.86. The predicted octanol–water partition coefficient (Wildman–Crippen LogP) is 0.362. The lowest BCUT2D eigenvalue weighted by atomic mass is 15.9. The number of rotatable bonds is 0. The summed E-state index contributed by atoms with van der Waals surface area (Å²) in [6, 6.07) is 0. The van der Waals surface area contributed by atoms with Gasteiger partial charge in [0.1, 0.15) is 0 Å². The molecule has 0 aliphatic rings. The summed E-state index contributed by atoms with van der Waals surface area (Å²) in [5.74, 6) is 0. The van der Waals surface area contributed by atoms with Crippen LogP contribution in [0.3, 0.4) is 0 Å². The van der Waals surface area contributed by atoms with E-state index in [4.69, 9.17) is 8.76 Å². The first kappa shape index (κ1) is 4.40. The molecule has 0 aliphatic heterocycles. The van der Waals surface area contributed by atoms with Crippen molar-refractivity contribution in [3.05, 3.63) is 0 Å². The zero-order valence-corrected chi connectivity index (χ0v) is 3.21. The molecular formula is HClO2S. The third-order valence-corrected chi connectivity index (χ3v) is 0. The second-order valence-corrected chi connectivity index (χ2v) is 1.41. The molecule has 0 fully saturated rings. The normalized spacial score (nSPS) is 15.5. The summed E-state index contributed by atoms with van der Waals surface area (Å²) in [6.07, 6.45) is 0. The smallest absolute Gasteiger partial charge is 0.253 e. The van der Waals surface area contributed by atoms with Gasteiger partial charge in [-0.05, 0) is 0 Å². The molecule has 0 radical (unpaired) electrons. The minimum Gasteiger partial charge on any atom is -0.294 e. The molecular weight excluding hydrogens is 99.5 g/mol. The highest BCUT2D eigenvalue weighted by molar-refractivity contribution is 8.03. The first-order chi connectivity index (χ1) is 1.73. The molecule has 0 saturated carbocycles. The molecule has 1 atom stereocenters. The van der Waals surface area contributed by atoms with E-state index in [9.17, 15) is 0 Å². The fourth-order valence-electron chi connectivity index (χ4n) is 0. The molecule has 0 spiro atoms. The van der Waals surface area contributed by atoms with E-state index in [1.807, 2.05) is 0 Å². The van der Waals surface area contributed by atoms with Crippen LogP contribution < -0.4 is 0 Å². The lowest BCUT2D eigenvalue weighted by molar-refractivity contribution is 0.580. The molecule has 0 saturated heterocycles. The minimum absolute atomic E-state index is 2.14. The Hall–Kier alpha value is 0.400. The molecule has 26 valence electrons. The second kappa shape index (κ2) is 1.69.